The first-order valence-electron chi connectivity index (χ1n) is 7.82. The van der Waals surface area contributed by atoms with E-state index in [0.29, 0.717) is 0 Å². The van der Waals surface area contributed by atoms with Crippen LogP contribution in [0.4, 0.5) is 22.4 Å². The molecule has 0 N–H and O–H groups in total. The molecular formula is C17H21F4NO2. The Hall–Kier alpha value is -1.79. The minimum Gasteiger partial charge on any atom is -0.444 e. The fraction of sp³-hybridized carbons (Fsp3) is 0.588. The second-order valence-corrected chi connectivity index (χ2v) is 6.94. The van der Waals surface area contributed by atoms with Crippen LogP contribution in [0.5, 0.6) is 0 Å². The number of amides is 1. The summed E-state index contributed by atoms with van der Waals surface area (Å²) in [7, 11) is 0. The van der Waals surface area contributed by atoms with Crippen LogP contribution in [-0.4, -0.2) is 29.7 Å². The fourth-order valence-corrected chi connectivity index (χ4v) is 2.88. The Balaban J connectivity index is 2.12. The molecule has 0 radical (unpaired) electrons. The van der Waals surface area contributed by atoms with Crippen molar-refractivity contribution in [2.45, 2.75) is 51.3 Å². The summed E-state index contributed by atoms with van der Waals surface area (Å²) < 4.78 is 58.7. The second kappa shape index (κ2) is 6.61. The van der Waals surface area contributed by atoms with Gasteiger partial charge in [0.25, 0.3) is 0 Å². The molecule has 0 saturated carbocycles. The van der Waals surface area contributed by atoms with E-state index in [-0.39, 0.29) is 31.5 Å². The normalized spacial score (nSPS) is 17.0. The Labute approximate surface area is 138 Å². The summed E-state index contributed by atoms with van der Waals surface area (Å²) in [6.07, 6.45) is -4.56. The smallest absolute Gasteiger partial charge is 0.416 e. The number of likely N-dealkylation sites (tertiary alicyclic amines) is 1. The van der Waals surface area contributed by atoms with E-state index in [1.165, 1.54) is 4.90 Å². The van der Waals surface area contributed by atoms with Gasteiger partial charge in [0, 0.05) is 18.7 Å². The lowest BCUT2D eigenvalue weighted by atomic mass is 9.86. The van der Waals surface area contributed by atoms with Gasteiger partial charge in [0.15, 0.2) is 0 Å². The maximum atomic E-state index is 14.0. The van der Waals surface area contributed by atoms with Crippen molar-refractivity contribution in [3.8, 4) is 0 Å². The second-order valence-electron chi connectivity index (χ2n) is 6.94. The standard InChI is InChI=1S/C17H21F4NO2/c1-16(2,3)24-15(23)22-9-7-11(8-10-22)14-12(17(19,20)21)5-4-6-13(14)18/h4-6,11H,7-10H2,1-3H3. The van der Waals surface area contributed by atoms with E-state index >= 15 is 0 Å². The highest BCUT2D eigenvalue weighted by atomic mass is 19.4. The van der Waals surface area contributed by atoms with E-state index in [2.05, 4.69) is 0 Å². The molecule has 0 aromatic heterocycles. The minimum absolute atomic E-state index is 0.241. The molecule has 1 saturated heterocycles. The van der Waals surface area contributed by atoms with E-state index in [9.17, 15) is 22.4 Å². The van der Waals surface area contributed by atoms with Gasteiger partial charge in [-0.05, 0) is 51.7 Å². The van der Waals surface area contributed by atoms with Crippen LogP contribution in [0.15, 0.2) is 18.2 Å². The summed E-state index contributed by atoms with van der Waals surface area (Å²) in [6, 6.07) is 3.01. The van der Waals surface area contributed by atoms with Crippen molar-refractivity contribution in [2.75, 3.05) is 13.1 Å². The Morgan fingerprint density at radius 1 is 1.17 bits per heavy atom. The Bertz CT molecular complexity index is 600. The van der Waals surface area contributed by atoms with Crippen molar-refractivity contribution < 1.29 is 27.1 Å². The number of benzene rings is 1. The molecule has 3 nitrogen and oxygen atoms in total. The number of piperidine rings is 1. The molecule has 0 aliphatic carbocycles. The quantitative estimate of drug-likeness (QED) is 0.672. The molecule has 0 bridgehead atoms. The summed E-state index contributed by atoms with van der Waals surface area (Å²) in [5.74, 6) is -1.41. The van der Waals surface area contributed by atoms with Gasteiger partial charge in [-0.3, -0.25) is 0 Å². The van der Waals surface area contributed by atoms with Gasteiger partial charge in [0.05, 0.1) is 5.56 Å². The molecule has 1 aromatic rings. The Kier molecular flexibility index (Phi) is 5.11. The van der Waals surface area contributed by atoms with E-state index in [0.717, 1.165) is 18.2 Å². The third-order valence-corrected chi connectivity index (χ3v) is 3.91. The lowest BCUT2D eigenvalue weighted by Gasteiger charge is -2.34. The summed E-state index contributed by atoms with van der Waals surface area (Å²) in [4.78, 5) is 13.5. The number of carbonyl (C=O) groups excluding carboxylic acids is 1. The summed E-state index contributed by atoms with van der Waals surface area (Å²) in [6.45, 7) is 5.71. The van der Waals surface area contributed by atoms with Crippen molar-refractivity contribution in [2.24, 2.45) is 0 Å². The van der Waals surface area contributed by atoms with Crippen LogP contribution in [0.2, 0.25) is 0 Å². The molecule has 1 fully saturated rings. The van der Waals surface area contributed by atoms with Crippen LogP contribution in [0.3, 0.4) is 0 Å². The molecule has 0 unspecified atom stereocenters. The maximum absolute atomic E-state index is 14.0. The summed E-state index contributed by atoms with van der Waals surface area (Å²) >= 11 is 0. The number of halogens is 4. The molecule has 1 amide bonds. The number of alkyl halides is 3. The highest BCUT2D eigenvalue weighted by Gasteiger charge is 2.38. The van der Waals surface area contributed by atoms with Gasteiger partial charge in [0.2, 0.25) is 0 Å². The first-order valence-corrected chi connectivity index (χ1v) is 7.82. The van der Waals surface area contributed by atoms with Crippen LogP contribution in [0.1, 0.15) is 50.7 Å². The van der Waals surface area contributed by atoms with E-state index in [4.69, 9.17) is 4.74 Å². The molecule has 1 heterocycles. The van der Waals surface area contributed by atoms with E-state index < -0.39 is 35.2 Å². The van der Waals surface area contributed by atoms with Crippen LogP contribution in [-0.2, 0) is 10.9 Å². The molecule has 24 heavy (non-hydrogen) atoms. The van der Waals surface area contributed by atoms with Gasteiger partial charge in [0.1, 0.15) is 11.4 Å². The lowest BCUT2D eigenvalue weighted by Crippen LogP contribution is -2.41. The molecule has 7 heteroatoms. The molecular weight excluding hydrogens is 326 g/mol. The predicted molar refractivity (Wildman–Crippen MR) is 81.2 cm³/mol. The van der Waals surface area contributed by atoms with Crippen molar-refractivity contribution >= 4 is 6.09 Å². The molecule has 1 aliphatic heterocycles. The first kappa shape index (κ1) is 18.5. The average Bonchev–Trinajstić information content (AvgIpc) is 2.44. The summed E-state index contributed by atoms with van der Waals surface area (Å²) in [5, 5.41) is 0. The fourth-order valence-electron chi connectivity index (χ4n) is 2.88. The van der Waals surface area contributed by atoms with Crippen LogP contribution in [0.25, 0.3) is 0 Å². The maximum Gasteiger partial charge on any atom is 0.416 e. The van der Waals surface area contributed by atoms with Gasteiger partial charge in [-0.2, -0.15) is 13.2 Å². The van der Waals surface area contributed by atoms with Crippen molar-refractivity contribution in [3.05, 3.63) is 35.1 Å². The van der Waals surface area contributed by atoms with Gasteiger partial charge < -0.3 is 9.64 Å². The third kappa shape index (κ3) is 4.39. The molecule has 0 spiro atoms. The zero-order valence-electron chi connectivity index (χ0n) is 13.9. The van der Waals surface area contributed by atoms with Gasteiger partial charge in [-0.25, -0.2) is 9.18 Å². The predicted octanol–water partition coefficient (Wildman–Crippen LogP) is 4.96. The zero-order chi connectivity index (χ0) is 18.1. The molecule has 2 rings (SSSR count). The Morgan fingerprint density at radius 2 is 1.75 bits per heavy atom. The molecule has 1 aliphatic rings. The van der Waals surface area contributed by atoms with Crippen molar-refractivity contribution in [3.63, 3.8) is 0 Å². The van der Waals surface area contributed by atoms with Crippen molar-refractivity contribution in [1.82, 2.24) is 4.90 Å². The topological polar surface area (TPSA) is 29.5 Å². The van der Waals surface area contributed by atoms with Crippen molar-refractivity contribution in [1.29, 1.82) is 0 Å². The first-order chi connectivity index (χ1) is 11.0. The van der Waals surface area contributed by atoms with Crippen LogP contribution >= 0.6 is 0 Å². The number of carbonyl (C=O) groups is 1. The minimum atomic E-state index is -4.60. The number of rotatable bonds is 1. The van der Waals surface area contributed by atoms with Gasteiger partial charge in [-0.1, -0.05) is 6.07 Å². The monoisotopic (exact) mass is 347 g/mol. The number of ether oxygens (including phenoxy) is 1. The zero-order valence-corrected chi connectivity index (χ0v) is 13.9. The molecule has 1 aromatic carbocycles. The lowest BCUT2D eigenvalue weighted by molar-refractivity contribution is -0.138. The summed E-state index contributed by atoms with van der Waals surface area (Å²) in [5.41, 5.74) is -1.87. The van der Waals surface area contributed by atoms with E-state index in [1.807, 2.05) is 0 Å². The van der Waals surface area contributed by atoms with Gasteiger partial charge >= 0.3 is 12.3 Å². The van der Waals surface area contributed by atoms with Crippen LogP contribution < -0.4 is 0 Å². The largest absolute Gasteiger partial charge is 0.444 e. The Morgan fingerprint density at radius 3 is 2.25 bits per heavy atom. The number of hydrogen-bond acceptors (Lipinski definition) is 2. The highest BCUT2D eigenvalue weighted by Crippen LogP contribution is 2.40. The van der Waals surface area contributed by atoms with Gasteiger partial charge in [-0.15, -0.1) is 0 Å². The highest BCUT2D eigenvalue weighted by molar-refractivity contribution is 5.68. The molecule has 0 atom stereocenters. The SMILES string of the molecule is CC(C)(C)OC(=O)N1CCC(c2c(F)cccc2C(F)(F)F)CC1. The number of nitrogens with zero attached hydrogens (tertiary/aromatic N) is 1. The molecule has 134 valence electrons. The number of hydrogen-bond donors (Lipinski definition) is 0. The van der Waals surface area contributed by atoms with Crippen LogP contribution in [0, 0.1) is 5.82 Å². The average molecular weight is 347 g/mol. The van der Waals surface area contributed by atoms with E-state index in [1.54, 1.807) is 20.8 Å². The third-order valence-electron chi connectivity index (χ3n) is 3.91.